The highest BCUT2D eigenvalue weighted by Crippen LogP contribution is 2.33. The number of aromatic nitrogens is 2. The fraction of sp³-hybridized carbons (Fsp3) is 0.378. The number of benzene rings is 3. The lowest BCUT2D eigenvalue weighted by molar-refractivity contribution is 0.0965. The summed E-state index contributed by atoms with van der Waals surface area (Å²) < 4.78 is 37.4. The van der Waals surface area contributed by atoms with Gasteiger partial charge in [0.1, 0.15) is 6.61 Å². The van der Waals surface area contributed by atoms with Crippen molar-refractivity contribution in [2.24, 2.45) is 0 Å². The summed E-state index contributed by atoms with van der Waals surface area (Å²) in [6, 6.07) is 16.2. The summed E-state index contributed by atoms with van der Waals surface area (Å²) in [4.78, 5) is 26.8. The molecule has 0 atom stereocenters. The Bertz CT molecular complexity index is 1810. The van der Waals surface area contributed by atoms with Gasteiger partial charge in [0.05, 0.1) is 5.69 Å². The fourth-order valence-corrected chi connectivity index (χ4v) is 5.87. The molecule has 1 saturated heterocycles. The minimum atomic E-state index is -0.695. The molecule has 0 spiro atoms. The summed E-state index contributed by atoms with van der Waals surface area (Å²) in [7, 11) is 0. The number of carbonyl (C=O) groups excluding carboxylic acids is 1. The van der Waals surface area contributed by atoms with E-state index in [4.69, 9.17) is 23.9 Å². The van der Waals surface area contributed by atoms with Gasteiger partial charge in [0.15, 0.2) is 23.1 Å². The molecule has 2 aliphatic rings. The number of nitrogens with zero attached hydrogens (tertiary/aromatic N) is 4. The standard InChI is InChI=1S/C37H43FN6O5/c1-23(2)44-14-12-43(13-15-44)16-17-46-32-11-8-28(19-30(32)38)40-36-41-31(29-9-6-24(3)25(4)26(29)5)20-35(42-36)49-37(45)39-21-27-7-10-33-34(18-27)48-22-47-33/h6-11,18-20,23H,12-17,21-22H2,1-5H3,(H,39,45)(H,40,41,42). The van der Waals surface area contributed by atoms with Gasteiger partial charge in [-0.2, -0.15) is 4.98 Å². The molecule has 6 rings (SSSR count). The number of aryl methyl sites for hydroxylation is 1. The van der Waals surface area contributed by atoms with Gasteiger partial charge in [-0.15, -0.1) is 0 Å². The van der Waals surface area contributed by atoms with Gasteiger partial charge >= 0.3 is 6.09 Å². The average molecular weight is 671 g/mol. The van der Waals surface area contributed by atoms with Crippen LogP contribution in [0.2, 0.25) is 0 Å². The molecule has 4 aromatic rings. The second-order valence-electron chi connectivity index (χ2n) is 12.6. The lowest BCUT2D eigenvalue weighted by atomic mass is 9.97. The zero-order valence-corrected chi connectivity index (χ0v) is 28.6. The Morgan fingerprint density at radius 1 is 0.939 bits per heavy atom. The van der Waals surface area contributed by atoms with E-state index in [1.54, 1.807) is 30.3 Å². The minimum absolute atomic E-state index is 0.0305. The maximum atomic E-state index is 15.2. The quantitative estimate of drug-likeness (QED) is 0.187. The van der Waals surface area contributed by atoms with Gasteiger partial charge in [0.25, 0.3) is 0 Å². The van der Waals surface area contributed by atoms with Crippen LogP contribution in [0.5, 0.6) is 23.1 Å². The van der Waals surface area contributed by atoms with E-state index >= 15 is 4.39 Å². The molecule has 0 aliphatic carbocycles. The van der Waals surface area contributed by atoms with Crippen LogP contribution in [-0.2, 0) is 6.54 Å². The third kappa shape index (κ3) is 8.38. The predicted octanol–water partition coefficient (Wildman–Crippen LogP) is 6.37. The first-order valence-electron chi connectivity index (χ1n) is 16.6. The Morgan fingerprint density at radius 3 is 2.51 bits per heavy atom. The van der Waals surface area contributed by atoms with Crippen molar-refractivity contribution in [2.75, 3.05) is 51.4 Å². The van der Waals surface area contributed by atoms with Crippen LogP contribution in [0.3, 0.4) is 0 Å². The van der Waals surface area contributed by atoms with E-state index in [0.717, 1.165) is 60.5 Å². The molecule has 3 heterocycles. The van der Waals surface area contributed by atoms with Gasteiger partial charge in [0.2, 0.25) is 18.6 Å². The second kappa shape index (κ2) is 15.1. The van der Waals surface area contributed by atoms with Crippen molar-refractivity contribution < 1.29 is 28.1 Å². The zero-order chi connectivity index (χ0) is 34.5. The average Bonchev–Trinajstić information content (AvgIpc) is 3.56. The number of fused-ring (bicyclic) bond motifs is 1. The van der Waals surface area contributed by atoms with E-state index in [-0.39, 0.29) is 30.9 Å². The third-order valence-corrected chi connectivity index (χ3v) is 9.10. The largest absolute Gasteiger partial charge is 0.489 e. The van der Waals surface area contributed by atoms with E-state index in [9.17, 15) is 4.79 Å². The van der Waals surface area contributed by atoms with Crippen molar-refractivity contribution in [1.82, 2.24) is 25.1 Å². The van der Waals surface area contributed by atoms with Crippen LogP contribution >= 0.6 is 0 Å². The van der Waals surface area contributed by atoms with Crippen molar-refractivity contribution in [3.05, 3.63) is 82.7 Å². The molecule has 49 heavy (non-hydrogen) atoms. The predicted molar refractivity (Wildman–Crippen MR) is 185 cm³/mol. The number of ether oxygens (including phenoxy) is 4. The maximum absolute atomic E-state index is 15.2. The van der Waals surface area contributed by atoms with Gasteiger partial charge in [-0.05, 0) is 81.1 Å². The number of hydrogen-bond acceptors (Lipinski definition) is 10. The number of amides is 1. The van der Waals surface area contributed by atoms with Crippen molar-refractivity contribution in [3.63, 3.8) is 0 Å². The first-order chi connectivity index (χ1) is 23.6. The molecule has 3 aromatic carbocycles. The van der Waals surface area contributed by atoms with Crippen molar-refractivity contribution in [2.45, 2.75) is 47.2 Å². The molecule has 0 radical (unpaired) electrons. The molecule has 1 fully saturated rings. The van der Waals surface area contributed by atoms with Crippen molar-refractivity contribution >= 4 is 17.7 Å². The third-order valence-electron chi connectivity index (χ3n) is 9.10. The molecule has 0 bridgehead atoms. The van der Waals surface area contributed by atoms with Crippen LogP contribution in [0.4, 0.5) is 20.8 Å². The zero-order valence-electron chi connectivity index (χ0n) is 28.6. The summed E-state index contributed by atoms with van der Waals surface area (Å²) in [5.74, 6) is 1.13. The Morgan fingerprint density at radius 2 is 1.73 bits per heavy atom. The first-order valence-corrected chi connectivity index (χ1v) is 16.6. The van der Waals surface area contributed by atoms with E-state index in [2.05, 4.69) is 46.2 Å². The fourth-order valence-electron chi connectivity index (χ4n) is 5.87. The normalized spacial score (nSPS) is 14.6. The number of nitrogens with one attached hydrogen (secondary N) is 2. The highest BCUT2D eigenvalue weighted by molar-refractivity contribution is 5.73. The Kier molecular flexibility index (Phi) is 10.4. The molecule has 1 amide bonds. The van der Waals surface area contributed by atoms with E-state index in [1.807, 2.05) is 32.0 Å². The molecule has 0 unspecified atom stereocenters. The highest BCUT2D eigenvalue weighted by Gasteiger charge is 2.20. The molecular formula is C37H43FN6O5. The van der Waals surface area contributed by atoms with E-state index < -0.39 is 11.9 Å². The SMILES string of the molecule is Cc1ccc(-c2cc(OC(=O)NCc3ccc4c(c3)OCO4)nc(Nc3ccc(OCCN4CCN(C(C)C)CC4)c(F)c3)n2)c(C)c1C. The summed E-state index contributed by atoms with van der Waals surface area (Å²) in [5, 5.41) is 5.82. The number of hydrogen-bond donors (Lipinski definition) is 2. The van der Waals surface area contributed by atoms with Crippen LogP contribution in [0.1, 0.15) is 36.1 Å². The van der Waals surface area contributed by atoms with Crippen LogP contribution in [-0.4, -0.2) is 78.0 Å². The molecule has 12 heteroatoms. The molecule has 11 nitrogen and oxygen atoms in total. The van der Waals surface area contributed by atoms with Crippen molar-refractivity contribution in [1.29, 1.82) is 0 Å². The Labute approximate surface area is 286 Å². The lowest BCUT2D eigenvalue weighted by Gasteiger charge is -2.36. The van der Waals surface area contributed by atoms with Crippen molar-refractivity contribution in [3.8, 4) is 34.4 Å². The van der Waals surface area contributed by atoms with Crippen LogP contribution in [0.25, 0.3) is 11.3 Å². The molecule has 0 saturated carbocycles. The molecular weight excluding hydrogens is 627 g/mol. The summed E-state index contributed by atoms with van der Waals surface area (Å²) in [6.07, 6.45) is -0.695. The Hall–Kier alpha value is -4.94. The molecule has 2 N–H and O–H groups in total. The van der Waals surface area contributed by atoms with Crippen LogP contribution in [0, 0.1) is 26.6 Å². The Balaban J connectivity index is 1.14. The summed E-state index contributed by atoms with van der Waals surface area (Å²) in [5.41, 5.74) is 5.96. The molecule has 258 valence electrons. The number of rotatable bonds is 11. The van der Waals surface area contributed by atoms with Crippen LogP contribution in [0.15, 0.2) is 54.6 Å². The highest BCUT2D eigenvalue weighted by atomic mass is 19.1. The minimum Gasteiger partial charge on any atom is -0.489 e. The van der Waals surface area contributed by atoms with Gasteiger partial charge in [0, 0.05) is 68.7 Å². The monoisotopic (exact) mass is 670 g/mol. The topological polar surface area (TPSA) is 110 Å². The van der Waals surface area contributed by atoms with E-state index in [1.165, 1.54) is 6.07 Å². The maximum Gasteiger partial charge on any atom is 0.414 e. The lowest BCUT2D eigenvalue weighted by Crippen LogP contribution is -2.49. The van der Waals surface area contributed by atoms with Crippen LogP contribution < -0.4 is 29.6 Å². The van der Waals surface area contributed by atoms with E-state index in [0.29, 0.717) is 35.5 Å². The second-order valence-corrected chi connectivity index (χ2v) is 12.6. The smallest absolute Gasteiger partial charge is 0.414 e. The first kappa shape index (κ1) is 33.9. The molecule has 1 aromatic heterocycles. The number of carbonyl (C=O) groups is 1. The summed E-state index contributed by atoms with van der Waals surface area (Å²) in [6.45, 7) is 16.0. The molecule has 2 aliphatic heterocycles. The van der Waals surface area contributed by atoms with Gasteiger partial charge in [-0.3, -0.25) is 9.80 Å². The number of piperazine rings is 1. The summed E-state index contributed by atoms with van der Waals surface area (Å²) >= 11 is 0. The number of anilines is 2. The van der Waals surface area contributed by atoms with Gasteiger partial charge < -0.3 is 29.6 Å². The number of halogens is 1. The van der Waals surface area contributed by atoms with Gasteiger partial charge in [-0.25, -0.2) is 14.2 Å². The van der Waals surface area contributed by atoms with Gasteiger partial charge in [-0.1, -0.05) is 18.2 Å².